The van der Waals surface area contributed by atoms with Crippen molar-refractivity contribution in [2.24, 2.45) is 0 Å². The van der Waals surface area contributed by atoms with Crippen molar-refractivity contribution in [3.05, 3.63) is 53.5 Å². The van der Waals surface area contributed by atoms with Crippen molar-refractivity contribution in [3.63, 3.8) is 0 Å². The number of hydrogen-bond acceptors (Lipinski definition) is 3. The van der Waals surface area contributed by atoms with Gasteiger partial charge in [-0.2, -0.15) is 0 Å². The summed E-state index contributed by atoms with van der Waals surface area (Å²) in [5.41, 5.74) is 2.80. The molecule has 0 amide bonds. The van der Waals surface area contributed by atoms with E-state index in [4.69, 9.17) is 9.15 Å². The van der Waals surface area contributed by atoms with E-state index in [0.717, 1.165) is 17.9 Å². The van der Waals surface area contributed by atoms with Gasteiger partial charge in [-0.15, -0.1) is 0 Å². The second-order valence-electron chi connectivity index (χ2n) is 5.41. The topological polar surface area (TPSA) is 34.4 Å². The highest BCUT2D eigenvalue weighted by Gasteiger charge is 2.23. The highest BCUT2D eigenvalue weighted by molar-refractivity contribution is 5.39. The van der Waals surface area contributed by atoms with Gasteiger partial charge in [-0.3, -0.25) is 0 Å². The maximum Gasteiger partial charge on any atom is 0.120 e. The van der Waals surface area contributed by atoms with Crippen LogP contribution in [0, 0.1) is 0 Å². The molecule has 3 nitrogen and oxygen atoms in total. The summed E-state index contributed by atoms with van der Waals surface area (Å²) in [6.07, 6.45) is 5.25. The Labute approximate surface area is 119 Å². The summed E-state index contributed by atoms with van der Waals surface area (Å²) in [4.78, 5) is 0. The third-order valence-electron chi connectivity index (χ3n) is 4.09. The van der Waals surface area contributed by atoms with Gasteiger partial charge in [0.15, 0.2) is 0 Å². The third kappa shape index (κ3) is 2.59. The van der Waals surface area contributed by atoms with Gasteiger partial charge in [-0.05, 0) is 61.6 Å². The molecule has 3 rings (SSSR count). The van der Waals surface area contributed by atoms with Crippen molar-refractivity contribution in [2.75, 3.05) is 7.11 Å². The molecule has 1 aromatic carbocycles. The first-order valence-corrected chi connectivity index (χ1v) is 7.24. The summed E-state index contributed by atoms with van der Waals surface area (Å²) in [6.45, 7) is 2.15. The van der Waals surface area contributed by atoms with Gasteiger partial charge in [0.05, 0.1) is 19.4 Å². The molecule has 0 aliphatic heterocycles. The normalized spacial score (nSPS) is 19.4. The lowest BCUT2D eigenvalue weighted by Gasteiger charge is -2.29. The predicted octanol–water partition coefficient (Wildman–Crippen LogP) is 4.02. The number of aryl methyl sites for hydroxylation is 1. The van der Waals surface area contributed by atoms with Crippen LogP contribution in [0.25, 0.3) is 0 Å². The van der Waals surface area contributed by atoms with Crippen LogP contribution in [0.3, 0.4) is 0 Å². The SMILES string of the molecule is COc1ccc2c(c1)CCCC2N[C@H](C)c1ccco1. The summed E-state index contributed by atoms with van der Waals surface area (Å²) < 4.78 is 10.8. The van der Waals surface area contributed by atoms with Crippen molar-refractivity contribution in [3.8, 4) is 5.75 Å². The molecule has 106 valence electrons. The Hall–Kier alpha value is -1.74. The molecule has 1 heterocycles. The van der Waals surface area contributed by atoms with E-state index in [0.29, 0.717) is 6.04 Å². The van der Waals surface area contributed by atoms with E-state index < -0.39 is 0 Å². The smallest absolute Gasteiger partial charge is 0.120 e. The molecule has 1 aliphatic rings. The highest BCUT2D eigenvalue weighted by atomic mass is 16.5. The van der Waals surface area contributed by atoms with Gasteiger partial charge < -0.3 is 14.5 Å². The van der Waals surface area contributed by atoms with Crippen molar-refractivity contribution in [2.45, 2.75) is 38.3 Å². The fraction of sp³-hybridized carbons (Fsp3) is 0.412. The van der Waals surface area contributed by atoms with Crippen LogP contribution >= 0.6 is 0 Å². The second-order valence-corrected chi connectivity index (χ2v) is 5.41. The number of rotatable bonds is 4. The molecule has 0 radical (unpaired) electrons. The maximum absolute atomic E-state index is 5.48. The molecule has 2 aromatic rings. The lowest BCUT2D eigenvalue weighted by atomic mass is 9.87. The van der Waals surface area contributed by atoms with Crippen LogP contribution in [0.15, 0.2) is 41.0 Å². The van der Waals surface area contributed by atoms with Crippen molar-refractivity contribution in [1.82, 2.24) is 5.32 Å². The molecule has 3 heteroatoms. The minimum atomic E-state index is 0.225. The molecular weight excluding hydrogens is 250 g/mol. The number of ether oxygens (including phenoxy) is 1. The first-order chi connectivity index (χ1) is 9.78. The number of nitrogens with one attached hydrogen (secondary N) is 1. The Balaban J connectivity index is 1.79. The number of methoxy groups -OCH3 is 1. The van der Waals surface area contributed by atoms with Gasteiger partial charge in [0.1, 0.15) is 11.5 Å². The predicted molar refractivity (Wildman–Crippen MR) is 78.9 cm³/mol. The standard InChI is InChI=1S/C17H21NO2/c1-12(17-7-4-10-20-17)18-16-6-3-5-13-11-14(19-2)8-9-15(13)16/h4,7-12,16,18H,3,5-6H2,1-2H3/t12-,16?/m1/s1. The summed E-state index contributed by atoms with van der Waals surface area (Å²) in [5, 5.41) is 3.68. The maximum atomic E-state index is 5.48. The summed E-state index contributed by atoms with van der Waals surface area (Å²) in [7, 11) is 1.72. The van der Waals surface area contributed by atoms with Crippen molar-refractivity contribution >= 4 is 0 Å². The monoisotopic (exact) mass is 271 g/mol. The number of furan rings is 1. The van der Waals surface area contributed by atoms with Crippen LogP contribution in [-0.4, -0.2) is 7.11 Å². The first kappa shape index (κ1) is 13.3. The van der Waals surface area contributed by atoms with E-state index in [1.807, 2.05) is 12.1 Å². The summed E-state index contributed by atoms with van der Waals surface area (Å²) in [6, 6.07) is 11.0. The van der Waals surface area contributed by atoms with Crippen LogP contribution in [0.1, 0.15) is 48.7 Å². The van der Waals surface area contributed by atoms with E-state index in [1.165, 1.54) is 24.0 Å². The first-order valence-electron chi connectivity index (χ1n) is 7.24. The quantitative estimate of drug-likeness (QED) is 0.912. The van der Waals surface area contributed by atoms with Crippen molar-refractivity contribution in [1.29, 1.82) is 0 Å². The fourth-order valence-corrected chi connectivity index (χ4v) is 3.01. The zero-order valence-corrected chi connectivity index (χ0v) is 12.1. The molecule has 2 atom stereocenters. The largest absolute Gasteiger partial charge is 0.497 e. The van der Waals surface area contributed by atoms with Crippen LogP contribution < -0.4 is 10.1 Å². The van der Waals surface area contributed by atoms with Crippen LogP contribution in [-0.2, 0) is 6.42 Å². The van der Waals surface area contributed by atoms with E-state index in [-0.39, 0.29) is 6.04 Å². The van der Waals surface area contributed by atoms with Crippen molar-refractivity contribution < 1.29 is 9.15 Å². The molecule has 0 spiro atoms. The Morgan fingerprint density at radius 2 is 2.25 bits per heavy atom. The van der Waals surface area contributed by atoms with E-state index in [9.17, 15) is 0 Å². The molecule has 0 saturated carbocycles. The van der Waals surface area contributed by atoms with Gasteiger partial charge in [0.2, 0.25) is 0 Å². The average Bonchev–Trinajstić information content (AvgIpc) is 3.01. The lowest BCUT2D eigenvalue weighted by molar-refractivity contribution is 0.366. The van der Waals surface area contributed by atoms with Gasteiger partial charge >= 0.3 is 0 Å². The number of benzene rings is 1. The third-order valence-corrected chi connectivity index (χ3v) is 4.09. The molecule has 20 heavy (non-hydrogen) atoms. The number of fused-ring (bicyclic) bond motifs is 1. The number of hydrogen-bond donors (Lipinski definition) is 1. The molecular formula is C17H21NO2. The Morgan fingerprint density at radius 3 is 3.00 bits per heavy atom. The lowest BCUT2D eigenvalue weighted by Crippen LogP contribution is -2.27. The Kier molecular flexibility index (Phi) is 3.79. The Bertz CT molecular complexity index is 562. The zero-order chi connectivity index (χ0) is 13.9. The minimum absolute atomic E-state index is 0.225. The van der Waals surface area contributed by atoms with Gasteiger partial charge in [0, 0.05) is 6.04 Å². The van der Waals surface area contributed by atoms with Gasteiger partial charge in [-0.1, -0.05) is 6.07 Å². The molecule has 0 fully saturated rings. The molecule has 0 saturated heterocycles. The molecule has 1 aliphatic carbocycles. The van der Waals surface area contributed by atoms with E-state index in [2.05, 4.69) is 30.4 Å². The van der Waals surface area contributed by atoms with Crippen LogP contribution in [0.2, 0.25) is 0 Å². The fourth-order valence-electron chi connectivity index (χ4n) is 3.01. The van der Waals surface area contributed by atoms with Gasteiger partial charge in [0.25, 0.3) is 0 Å². The van der Waals surface area contributed by atoms with Crippen LogP contribution in [0.5, 0.6) is 5.75 Å². The minimum Gasteiger partial charge on any atom is -0.497 e. The molecule has 1 N–H and O–H groups in total. The molecule has 1 aromatic heterocycles. The van der Waals surface area contributed by atoms with Gasteiger partial charge in [-0.25, -0.2) is 0 Å². The highest BCUT2D eigenvalue weighted by Crippen LogP contribution is 2.33. The zero-order valence-electron chi connectivity index (χ0n) is 12.1. The van der Waals surface area contributed by atoms with E-state index in [1.54, 1.807) is 13.4 Å². The second kappa shape index (κ2) is 5.71. The summed E-state index contributed by atoms with van der Waals surface area (Å²) >= 11 is 0. The molecule has 0 bridgehead atoms. The van der Waals surface area contributed by atoms with E-state index >= 15 is 0 Å². The average molecular weight is 271 g/mol. The molecule has 1 unspecified atom stereocenters. The Morgan fingerprint density at radius 1 is 1.35 bits per heavy atom. The summed E-state index contributed by atoms with van der Waals surface area (Å²) in [5.74, 6) is 1.94. The van der Waals surface area contributed by atoms with Crippen LogP contribution in [0.4, 0.5) is 0 Å².